The molecule has 0 atom stereocenters. The zero-order chi connectivity index (χ0) is 9.47. The standard InChI is InChI=1S/C12H17N.ClH/c1-9-4-5-11-10(8-9)12(2,3)6-7-13-11;/h4-5,8,13H,6-7H2,1-3H3;1H. The lowest BCUT2D eigenvalue weighted by Gasteiger charge is -2.33. The predicted molar refractivity (Wildman–Crippen MR) is 64.6 cm³/mol. The van der Waals surface area contributed by atoms with Crippen molar-refractivity contribution in [2.45, 2.75) is 32.6 Å². The Bertz CT molecular complexity index is 331. The molecular formula is C12H18ClN. The second kappa shape index (κ2) is 3.82. The Morgan fingerprint density at radius 2 is 2.00 bits per heavy atom. The highest BCUT2D eigenvalue weighted by Gasteiger charge is 2.26. The smallest absolute Gasteiger partial charge is 0.0378 e. The van der Waals surface area contributed by atoms with Crippen molar-refractivity contribution >= 4 is 18.1 Å². The second-order valence-corrected chi connectivity index (χ2v) is 4.61. The van der Waals surface area contributed by atoms with Gasteiger partial charge < -0.3 is 5.32 Å². The molecule has 1 aromatic carbocycles. The van der Waals surface area contributed by atoms with Gasteiger partial charge in [-0.2, -0.15) is 0 Å². The van der Waals surface area contributed by atoms with Crippen molar-refractivity contribution in [2.24, 2.45) is 0 Å². The molecule has 1 nitrogen and oxygen atoms in total. The quantitative estimate of drug-likeness (QED) is 0.693. The molecule has 0 radical (unpaired) electrons. The third kappa shape index (κ3) is 1.88. The zero-order valence-corrected chi connectivity index (χ0v) is 9.87. The lowest BCUT2D eigenvalue weighted by atomic mass is 9.78. The van der Waals surface area contributed by atoms with Gasteiger partial charge in [0.1, 0.15) is 0 Å². The molecule has 1 aliphatic heterocycles. The van der Waals surface area contributed by atoms with Crippen LogP contribution in [0.15, 0.2) is 18.2 Å². The van der Waals surface area contributed by atoms with Crippen LogP contribution in [-0.4, -0.2) is 6.54 Å². The minimum Gasteiger partial charge on any atom is -0.385 e. The molecule has 0 saturated heterocycles. The van der Waals surface area contributed by atoms with E-state index < -0.39 is 0 Å². The normalized spacial score (nSPS) is 17.6. The average molecular weight is 212 g/mol. The number of halogens is 1. The van der Waals surface area contributed by atoms with E-state index in [-0.39, 0.29) is 12.4 Å². The average Bonchev–Trinajstić information content (AvgIpc) is 2.06. The molecule has 0 saturated carbocycles. The maximum atomic E-state index is 3.45. The fourth-order valence-electron chi connectivity index (χ4n) is 2.02. The van der Waals surface area contributed by atoms with Crippen LogP contribution in [0.2, 0.25) is 0 Å². The molecule has 1 heterocycles. The van der Waals surface area contributed by atoms with Crippen molar-refractivity contribution in [1.82, 2.24) is 0 Å². The lowest BCUT2D eigenvalue weighted by Crippen LogP contribution is -2.28. The fourth-order valence-corrected chi connectivity index (χ4v) is 2.02. The van der Waals surface area contributed by atoms with E-state index in [0.717, 1.165) is 6.54 Å². The maximum absolute atomic E-state index is 3.45. The Hall–Kier alpha value is -0.690. The van der Waals surface area contributed by atoms with Crippen molar-refractivity contribution in [3.63, 3.8) is 0 Å². The number of fused-ring (bicyclic) bond motifs is 1. The molecule has 0 aromatic heterocycles. The molecule has 0 fully saturated rings. The summed E-state index contributed by atoms with van der Waals surface area (Å²) in [5, 5.41) is 3.45. The van der Waals surface area contributed by atoms with Gasteiger partial charge in [-0.3, -0.25) is 0 Å². The van der Waals surface area contributed by atoms with Gasteiger partial charge in [0.15, 0.2) is 0 Å². The number of aryl methyl sites for hydroxylation is 1. The number of rotatable bonds is 0. The summed E-state index contributed by atoms with van der Waals surface area (Å²) in [6, 6.07) is 6.68. The van der Waals surface area contributed by atoms with Crippen LogP contribution in [0, 0.1) is 6.92 Å². The van der Waals surface area contributed by atoms with Crippen molar-refractivity contribution in [3.8, 4) is 0 Å². The molecule has 1 aliphatic rings. The van der Waals surface area contributed by atoms with E-state index in [1.54, 1.807) is 0 Å². The van der Waals surface area contributed by atoms with E-state index in [1.807, 2.05) is 0 Å². The molecule has 2 heteroatoms. The number of anilines is 1. The first-order chi connectivity index (χ1) is 6.09. The zero-order valence-electron chi connectivity index (χ0n) is 9.05. The topological polar surface area (TPSA) is 12.0 Å². The van der Waals surface area contributed by atoms with Gasteiger partial charge in [0, 0.05) is 12.2 Å². The largest absolute Gasteiger partial charge is 0.385 e. The summed E-state index contributed by atoms with van der Waals surface area (Å²) < 4.78 is 0. The summed E-state index contributed by atoms with van der Waals surface area (Å²) in [7, 11) is 0. The number of hydrogen-bond donors (Lipinski definition) is 1. The van der Waals surface area contributed by atoms with Gasteiger partial charge in [0.2, 0.25) is 0 Å². The van der Waals surface area contributed by atoms with Crippen molar-refractivity contribution in [2.75, 3.05) is 11.9 Å². The maximum Gasteiger partial charge on any atom is 0.0378 e. The van der Waals surface area contributed by atoms with Crippen molar-refractivity contribution in [3.05, 3.63) is 29.3 Å². The van der Waals surface area contributed by atoms with Gasteiger partial charge in [-0.25, -0.2) is 0 Å². The highest BCUT2D eigenvalue weighted by Crippen LogP contribution is 2.36. The minimum absolute atomic E-state index is 0. The van der Waals surface area contributed by atoms with Crippen LogP contribution in [-0.2, 0) is 5.41 Å². The third-order valence-corrected chi connectivity index (χ3v) is 2.97. The minimum atomic E-state index is 0. The summed E-state index contributed by atoms with van der Waals surface area (Å²) in [6.45, 7) is 7.91. The second-order valence-electron chi connectivity index (χ2n) is 4.61. The highest BCUT2D eigenvalue weighted by atomic mass is 35.5. The Kier molecular flexibility index (Phi) is 3.10. The van der Waals surface area contributed by atoms with E-state index in [9.17, 15) is 0 Å². The van der Waals surface area contributed by atoms with Gasteiger partial charge in [-0.05, 0) is 30.4 Å². The van der Waals surface area contributed by atoms with Crippen LogP contribution in [0.3, 0.4) is 0 Å². The van der Waals surface area contributed by atoms with E-state index in [0.29, 0.717) is 5.41 Å². The van der Waals surface area contributed by atoms with Crippen molar-refractivity contribution < 1.29 is 0 Å². The van der Waals surface area contributed by atoms with Crippen LogP contribution in [0.5, 0.6) is 0 Å². The molecule has 14 heavy (non-hydrogen) atoms. The molecule has 2 rings (SSSR count). The third-order valence-electron chi connectivity index (χ3n) is 2.97. The summed E-state index contributed by atoms with van der Waals surface area (Å²) >= 11 is 0. The van der Waals surface area contributed by atoms with Gasteiger partial charge in [0.25, 0.3) is 0 Å². The van der Waals surface area contributed by atoms with Crippen LogP contribution in [0.1, 0.15) is 31.4 Å². The SMILES string of the molecule is Cc1ccc2c(c1)C(C)(C)CCN2.Cl. The molecule has 1 aromatic rings. The first-order valence-corrected chi connectivity index (χ1v) is 4.95. The number of benzene rings is 1. The van der Waals surface area contributed by atoms with Crippen LogP contribution >= 0.6 is 12.4 Å². The highest BCUT2D eigenvalue weighted by molar-refractivity contribution is 5.85. The molecule has 0 unspecified atom stereocenters. The molecule has 0 spiro atoms. The Morgan fingerprint density at radius 1 is 1.29 bits per heavy atom. The molecule has 78 valence electrons. The van der Waals surface area contributed by atoms with E-state index in [1.165, 1.54) is 23.2 Å². The molecule has 0 bridgehead atoms. The lowest BCUT2D eigenvalue weighted by molar-refractivity contribution is 0.481. The number of hydrogen-bond acceptors (Lipinski definition) is 1. The Labute approximate surface area is 92.3 Å². The Morgan fingerprint density at radius 3 is 2.71 bits per heavy atom. The van der Waals surface area contributed by atoms with Gasteiger partial charge >= 0.3 is 0 Å². The van der Waals surface area contributed by atoms with Crippen LogP contribution in [0.4, 0.5) is 5.69 Å². The molecular weight excluding hydrogens is 194 g/mol. The fraction of sp³-hybridized carbons (Fsp3) is 0.500. The predicted octanol–water partition coefficient (Wildman–Crippen LogP) is 3.51. The van der Waals surface area contributed by atoms with E-state index in [4.69, 9.17) is 0 Å². The van der Waals surface area contributed by atoms with Crippen LogP contribution in [0.25, 0.3) is 0 Å². The molecule has 1 N–H and O–H groups in total. The van der Waals surface area contributed by atoms with Gasteiger partial charge in [0.05, 0.1) is 0 Å². The van der Waals surface area contributed by atoms with E-state index in [2.05, 4.69) is 44.3 Å². The van der Waals surface area contributed by atoms with E-state index >= 15 is 0 Å². The monoisotopic (exact) mass is 211 g/mol. The summed E-state index contributed by atoms with van der Waals surface area (Å²) in [6.07, 6.45) is 1.23. The van der Waals surface area contributed by atoms with Crippen LogP contribution < -0.4 is 5.32 Å². The van der Waals surface area contributed by atoms with Gasteiger partial charge in [-0.1, -0.05) is 31.5 Å². The summed E-state index contributed by atoms with van der Waals surface area (Å²) in [5.74, 6) is 0. The number of nitrogens with one attached hydrogen (secondary N) is 1. The molecule has 0 aliphatic carbocycles. The summed E-state index contributed by atoms with van der Waals surface area (Å²) in [5.41, 5.74) is 4.49. The summed E-state index contributed by atoms with van der Waals surface area (Å²) in [4.78, 5) is 0. The van der Waals surface area contributed by atoms with Gasteiger partial charge in [-0.15, -0.1) is 12.4 Å². The Balaban J connectivity index is 0.000000980. The molecule has 0 amide bonds. The van der Waals surface area contributed by atoms with Crippen molar-refractivity contribution in [1.29, 1.82) is 0 Å². The first kappa shape index (κ1) is 11.4. The first-order valence-electron chi connectivity index (χ1n) is 4.95.